The average molecular weight is 296 g/mol. The van der Waals surface area contributed by atoms with Crippen molar-refractivity contribution in [3.05, 3.63) is 0 Å². The molecule has 0 bridgehead atoms. The minimum atomic E-state index is 0.251. The Bertz CT molecular complexity index is 339. The SMILES string of the molecule is CCN1CCN([C@H]2CCN(CC(=O)N(C)C(C)C)C2)CC1. The number of amides is 1. The van der Waals surface area contributed by atoms with E-state index in [4.69, 9.17) is 0 Å². The van der Waals surface area contributed by atoms with Gasteiger partial charge in [-0.15, -0.1) is 0 Å². The summed E-state index contributed by atoms with van der Waals surface area (Å²) in [5.74, 6) is 0.251. The minimum Gasteiger partial charge on any atom is -0.342 e. The number of nitrogens with zero attached hydrogens (tertiary/aromatic N) is 4. The van der Waals surface area contributed by atoms with Crippen molar-refractivity contribution >= 4 is 5.91 Å². The van der Waals surface area contributed by atoms with Crippen molar-refractivity contribution in [3.8, 4) is 0 Å². The van der Waals surface area contributed by atoms with Crippen LogP contribution in [0.4, 0.5) is 0 Å². The fourth-order valence-electron chi connectivity index (χ4n) is 3.29. The standard InChI is InChI=1S/C16H32N4O/c1-5-18-8-10-20(11-9-18)15-6-7-19(12-15)13-16(21)17(4)14(2)3/h14-15H,5-13H2,1-4H3/t15-/m0/s1. The molecule has 0 aromatic rings. The quantitative estimate of drug-likeness (QED) is 0.742. The molecule has 0 spiro atoms. The largest absolute Gasteiger partial charge is 0.342 e. The van der Waals surface area contributed by atoms with Crippen LogP contribution in [0.3, 0.4) is 0 Å². The molecule has 2 heterocycles. The first-order valence-corrected chi connectivity index (χ1v) is 8.45. The third kappa shape index (κ3) is 4.41. The van der Waals surface area contributed by atoms with E-state index in [-0.39, 0.29) is 11.9 Å². The molecule has 122 valence electrons. The molecule has 2 rings (SSSR count). The second-order valence-corrected chi connectivity index (χ2v) is 6.75. The third-order valence-electron chi connectivity index (χ3n) is 5.14. The molecule has 2 aliphatic rings. The Hall–Kier alpha value is -0.650. The second-order valence-electron chi connectivity index (χ2n) is 6.75. The van der Waals surface area contributed by atoms with Gasteiger partial charge in [0.1, 0.15) is 0 Å². The highest BCUT2D eigenvalue weighted by Crippen LogP contribution is 2.17. The molecule has 1 amide bonds. The molecule has 5 nitrogen and oxygen atoms in total. The van der Waals surface area contributed by atoms with Gasteiger partial charge in [-0.25, -0.2) is 0 Å². The summed E-state index contributed by atoms with van der Waals surface area (Å²) in [7, 11) is 1.91. The van der Waals surface area contributed by atoms with Crippen molar-refractivity contribution in [1.82, 2.24) is 19.6 Å². The number of hydrogen-bond acceptors (Lipinski definition) is 4. The van der Waals surface area contributed by atoms with Gasteiger partial charge in [0.25, 0.3) is 0 Å². The van der Waals surface area contributed by atoms with Crippen LogP contribution in [-0.2, 0) is 4.79 Å². The van der Waals surface area contributed by atoms with Crippen LogP contribution in [0.5, 0.6) is 0 Å². The maximum Gasteiger partial charge on any atom is 0.236 e. The maximum absolute atomic E-state index is 12.2. The molecule has 0 unspecified atom stereocenters. The Morgan fingerprint density at radius 2 is 1.81 bits per heavy atom. The van der Waals surface area contributed by atoms with Gasteiger partial charge in [0.2, 0.25) is 5.91 Å². The van der Waals surface area contributed by atoms with Crippen molar-refractivity contribution in [2.45, 2.75) is 39.3 Å². The van der Waals surface area contributed by atoms with Crippen LogP contribution < -0.4 is 0 Å². The molecule has 0 aliphatic carbocycles. The van der Waals surface area contributed by atoms with Crippen LogP contribution in [0.25, 0.3) is 0 Å². The van der Waals surface area contributed by atoms with Crippen LogP contribution >= 0.6 is 0 Å². The van der Waals surface area contributed by atoms with E-state index in [1.54, 1.807) is 0 Å². The van der Waals surface area contributed by atoms with Crippen molar-refractivity contribution in [3.63, 3.8) is 0 Å². The maximum atomic E-state index is 12.2. The van der Waals surface area contributed by atoms with E-state index in [9.17, 15) is 4.79 Å². The Balaban J connectivity index is 1.75. The predicted octanol–water partition coefficient (Wildman–Crippen LogP) is 0.565. The summed E-state index contributed by atoms with van der Waals surface area (Å²) in [5.41, 5.74) is 0. The molecule has 1 atom stereocenters. The van der Waals surface area contributed by atoms with Crippen molar-refractivity contribution in [2.75, 3.05) is 59.4 Å². The lowest BCUT2D eigenvalue weighted by Crippen LogP contribution is -2.51. The number of rotatable bonds is 5. The van der Waals surface area contributed by atoms with E-state index in [2.05, 4.69) is 35.5 Å². The summed E-state index contributed by atoms with van der Waals surface area (Å²) in [6.45, 7) is 15.0. The summed E-state index contributed by atoms with van der Waals surface area (Å²) >= 11 is 0. The lowest BCUT2D eigenvalue weighted by atomic mass is 10.2. The monoisotopic (exact) mass is 296 g/mol. The molecule has 0 aromatic heterocycles. The van der Waals surface area contributed by atoms with Gasteiger partial charge in [0, 0.05) is 58.4 Å². The van der Waals surface area contributed by atoms with Crippen LogP contribution in [0, 0.1) is 0 Å². The molecule has 0 saturated carbocycles. The number of likely N-dealkylation sites (N-methyl/N-ethyl adjacent to an activating group) is 2. The zero-order valence-electron chi connectivity index (χ0n) is 14.2. The van der Waals surface area contributed by atoms with Crippen molar-refractivity contribution < 1.29 is 4.79 Å². The van der Waals surface area contributed by atoms with Crippen molar-refractivity contribution in [1.29, 1.82) is 0 Å². The van der Waals surface area contributed by atoms with Gasteiger partial charge in [-0.2, -0.15) is 0 Å². The third-order valence-corrected chi connectivity index (χ3v) is 5.14. The highest BCUT2D eigenvalue weighted by Gasteiger charge is 2.30. The first-order chi connectivity index (χ1) is 10.0. The van der Waals surface area contributed by atoms with Gasteiger partial charge in [0.05, 0.1) is 6.54 Å². The van der Waals surface area contributed by atoms with Crippen LogP contribution in [0.2, 0.25) is 0 Å². The zero-order valence-corrected chi connectivity index (χ0v) is 14.2. The summed E-state index contributed by atoms with van der Waals surface area (Å²) in [4.78, 5) is 21.5. The predicted molar refractivity (Wildman–Crippen MR) is 86.4 cm³/mol. The summed E-state index contributed by atoms with van der Waals surface area (Å²) in [6.07, 6.45) is 1.21. The fraction of sp³-hybridized carbons (Fsp3) is 0.938. The van der Waals surface area contributed by atoms with E-state index in [0.717, 1.165) is 13.1 Å². The first kappa shape index (κ1) is 16.7. The second kappa shape index (κ2) is 7.56. The van der Waals surface area contributed by atoms with Gasteiger partial charge in [-0.05, 0) is 26.8 Å². The van der Waals surface area contributed by atoms with E-state index in [1.165, 1.54) is 39.1 Å². The number of likely N-dealkylation sites (tertiary alicyclic amines) is 1. The van der Waals surface area contributed by atoms with Crippen LogP contribution in [0.15, 0.2) is 0 Å². The normalized spacial score (nSPS) is 25.7. The average Bonchev–Trinajstić information content (AvgIpc) is 2.94. The topological polar surface area (TPSA) is 30.0 Å². The van der Waals surface area contributed by atoms with E-state index >= 15 is 0 Å². The van der Waals surface area contributed by atoms with Gasteiger partial charge < -0.3 is 9.80 Å². The van der Waals surface area contributed by atoms with Crippen molar-refractivity contribution in [2.24, 2.45) is 0 Å². The van der Waals surface area contributed by atoms with Gasteiger partial charge in [0.15, 0.2) is 0 Å². The molecule has 0 aromatic carbocycles. The van der Waals surface area contributed by atoms with Gasteiger partial charge >= 0.3 is 0 Å². The minimum absolute atomic E-state index is 0.251. The van der Waals surface area contributed by atoms with E-state index in [0.29, 0.717) is 12.6 Å². The molecular weight excluding hydrogens is 264 g/mol. The fourth-order valence-corrected chi connectivity index (χ4v) is 3.29. The summed E-state index contributed by atoms with van der Waals surface area (Å²) in [6, 6.07) is 0.944. The molecule has 21 heavy (non-hydrogen) atoms. The first-order valence-electron chi connectivity index (χ1n) is 8.45. The Labute approximate surface area is 129 Å². The highest BCUT2D eigenvalue weighted by molar-refractivity contribution is 5.78. The molecular formula is C16H32N4O. The molecule has 2 fully saturated rings. The van der Waals surface area contributed by atoms with E-state index in [1.807, 2.05) is 11.9 Å². The Morgan fingerprint density at radius 1 is 1.14 bits per heavy atom. The van der Waals surface area contributed by atoms with E-state index < -0.39 is 0 Å². The Kier molecular flexibility index (Phi) is 6.02. The number of piperazine rings is 1. The molecule has 2 saturated heterocycles. The zero-order chi connectivity index (χ0) is 15.4. The molecule has 5 heteroatoms. The lowest BCUT2D eigenvalue weighted by Gasteiger charge is -2.37. The number of carbonyl (C=O) groups excluding carboxylic acids is 1. The number of carbonyl (C=O) groups is 1. The summed E-state index contributed by atoms with van der Waals surface area (Å²) < 4.78 is 0. The molecule has 0 radical (unpaired) electrons. The number of hydrogen-bond donors (Lipinski definition) is 0. The summed E-state index contributed by atoms with van der Waals surface area (Å²) in [5, 5.41) is 0. The van der Waals surface area contributed by atoms with Gasteiger partial charge in [-0.3, -0.25) is 14.6 Å². The lowest BCUT2D eigenvalue weighted by molar-refractivity contribution is -0.132. The Morgan fingerprint density at radius 3 is 2.38 bits per heavy atom. The van der Waals surface area contributed by atoms with Crippen LogP contribution in [-0.4, -0.2) is 97.0 Å². The molecule has 2 aliphatic heterocycles. The molecule has 0 N–H and O–H groups in total. The smallest absolute Gasteiger partial charge is 0.236 e. The van der Waals surface area contributed by atoms with Gasteiger partial charge in [-0.1, -0.05) is 6.92 Å². The van der Waals surface area contributed by atoms with Crippen LogP contribution in [0.1, 0.15) is 27.2 Å². The highest BCUT2D eigenvalue weighted by atomic mass is 16.2.